The highest BCUT2D eigenvalue weighted by Gasteiger charge is 2.14. The second kappa shape index (κ2) is 5.24. The van der Waals surface area contributed by atoms with Crippen LogP contribution in [0.1, 0.15) is 0 Å². The SMILES string of the molecule is Cn1c(=O)n(C)c2cc(Oc3ccc(F)cc3F)c(Br)cc21. The van der Waals surface area contributed by atoms with Crippen molar-refractivity contribution in [3.63, 3.8) is 0 Å². The lowest BCUT2D eigenvalue weighted by atomic mass is 10.3. The van der Waals surface area contributed by atoms with Crippen LogP contribution < -0.4 is 10.4 Å². The molecule has 0 aliphatic heterocycles. The van der Waals surface area contributed by atoms with E-state index in [1.165, 1.54) is 15.2 Å². The number of aryl methyl sites for hydroxylation is 2. The summed E-state index contributed by atoms with van der Waals surface area (Å²) in [4.78, 5) is 11.9. The van der Waals surface area contributed by atoms with Crippen LogP contribution in [0.2, 0.25) is 0 Å². The molecule has 0 fully saturated rings. The van der Waals surface area contributed by atoms with Gasteiger partial charge >= 0.3 is 5.69 Å². The van der Waals surface area contributed by atoms with Crippen molar-refractivity contribution in [3.05, 3.63) is 56.9 Å². The number of hydrogen-bond acceptors (Lipinski definition) is 2. The number of hydrogen-bond donors (Lipinski definition) is 0. The topological polar surface area (TPSA) is 36.2 Å². The number of ether oxygens (including phenoxy) is 1. The van der Waals surface area contributed by atoms with Crippen molar-refractivity contribution >= 4 is 27.0 Å². The first-order valence-electron chi connectivity index (χ1n) is 6.36. The maximum Gasteiger partial charge on any atom is 0.328 e. The molecule has 4 nitrogen and oxygen atoms in total. The van der Waals surface area contributed by atoms with Crippen molar-refractivity contribution in [1.82, 2.24) is 9.13 Å². The van der Waals surface area contributed by atoms with E-state index in [2.05, 4.69) is 15.9 Å². The Morgan fingerprint density at radius 3 is 2.27 bits per heavy atom. The third kappa shape index (κ3) is 2.31. The molecular weight excluding hydrogens is 358 g/mol. The van der Waals surface area contributed by atoms with Crippen molar-refractivity contribution in [3.8, 4) is 11.5 Å². The van der Waals surface area contributed by atoms with Crippen LogP contribution in [-0.4, -0.2) is 9.13 Å². The van der Waals surface area contributed by atoms with Crippen LogP contribution in [0.25, 0.3) is 11.0 Å². The Bertz CT molecular complexity index is 947. The van der Waals surface area contributed by atoms with Crippen LogP contribution in [0.4, 0.5) is 8.78 Å². The summed E-state index contributed by atoms with van der Waals surface area (Å²) in [6.45, 7) is 0. The number of rotatable bonds is 2. The van der Waals surface area contributed by atoms with Crippen LogP contribution >= 0.6 is 15.9 Å². The maximum atomic E-state index is 13.7. The van der Waals surface area contributed by atoms with Gasteiger partial charge in [-0.15, -0.1) is 0 Å². The lowest BCUT2D eigenvalue weighted by Gasteiger charge is -2.09. The van der Waals surface area contributed by atoms with Crippen LogP contribution in [0, 0.1) is 11.6 Å². The largest absolute Gasteiger partial charge is 0.453 e. The molecule has 0 saturated heterocycles. The molecule has 3 rings (SSSR count). The molecule has 0 atom stereocenters. The molecule has 0 amide bonds. The van der Waals surface area contributed by atoms with Gasteiger partial charge in [0.2, 0.25) is 0 Å². The van der Waals surface area contributed by atoms with Crippen molar-refractivity contribution < 1.29 is 13.5 Å². The molecule has 0 radical (unpaired) electrons. The van der Waals surface area contributed by atoms with Crippen molar-refractivity contribution in [2.24, 2.45) is 14.1 Å². The third-order valence-electron chi connectivity index (χ3n) is 3.44. The van der Waals surface area contributed by atoms with Gasteiger partial charge in [-0.05, 0) is 34.1 Å². The molecule has 0 saturated carbocycles. The fourth-order valence-corrected chi connectivity index (χ4v) is 2.67. The average molecular weight is 369 g/mol. The summed E-state index contributed by atoms with van der Waals surface area (Å²) in [6.07, 6.45) is 0. The Hall–Kier alpha value is -2.15. The second-order valence-corrected chi connectivity index (χ2v) is 5.70. The molecule has 0 aliphatic rings. The van der Waals surface area contributed by atoms with Gasteiger partial charge in [0, 0.05) is 26.2 Å². The van der Waals surface area contributed by atoms with E-state index >= 15 is 0 Å². The van der Waals surface area contributed by atoms with E-state index in [9.17, 15) is 13.6 Å². The molecule has 114 valence electrons. The highest BCUT2D eigenvalue weighted by molar-refractivity contribution is 9.10. The standard InChI is InChI=1S/C15H11BrF2N2O2/c1-19-11-6-9(16)14(7-12(11)20(2)15(19)21)22-13-4-3-8(17)5-10(13)18/h3-7H,1-2H3. The number of benzene rings is 2. The van der Waals surface area contributed by atoms with E-state index in [-0.39, 0.29) is 11.4 Å². The Balaban J connectivity index is 2.13. The Morgan fingerprint density at radius 1 is 1.00 bits per heavy atom. The predicted molar refractivity (Wildman–Crippen MR) is 82.3 cm³/mol. The Morgan fingerprint density at radius 2 is 1.64 bits per heavy atom. The van der Waals surface area contributed by atoms with Gasteiger partial charge < -0.3 is 4.74 Å². The first kappa shape index (κ1) is 14.8. The average Bonchev–Trinajstić information content (AvgIpc) is 2.67. The molecule has 1 aromatic heterocycles. The molecule has 0 aliphatic carbocycles. The first-order chi connectivity index (χ1) is 10.4. The number of aromatic nitrogens is 2. The number of halogens is 3. The first-order valence-corrected chi connectivity index (χ1v) is 7.15. The highest BCUT2D eigenvalue weighted by Crippen LogP contribution is 2.34. The quantitative estimate of drug-likeness (QED) is 0.691. The molecule has 0 bridgehead atoms. The van der Waals surface area contributed by atoms with Gasteiger partial charge in [0.15, 0.2) is 11.6 Å². The summed E-state index contributed by atoms with van der Waals surface area (Å²) in [5, 5.41) is 0. The van der Waals surface area contributed by atoms with E-state index in [1.807, 2.05) is 0 Å². The van der Waals surface area contributed by atoms with E-state index in [0.29, 0.717) is 21.3 Å². The summed E-state index contributed by atoms with van der Waals surface area (Å²) in [7, 11) is 3.30. The highest BCUT2D eigenvalue weighted by atomic mass is 79.9. The maximum absolute atomic E-state index is 13.7. The third-order valence-corrected chi connectivity index (χ3v) is 4.06. The summed E-state index contributed by atoms with van der Waals surface area (Å²) < 4.78 is 35.6. The fraction of sp³-hybridized carbons (Fsp3) is 0.133. The normalized spacial score (nSPS) is 11.1. The molecule has 0 unspecified atom stereocenters. The van der Waals surface area contributed by atoms with Crippen LogP contribution in [0.15, 0.2) is 39.6 Å². The van der Waals surface area contributed by atoms with E-state index in [1.54, 1.807) is 26.2 Å². The van der Waals surface area contributed by atoms with Gasteiger partial charge in [0.25, 0.3) is 0 Å². The van der Waals surface area contributed by atoms with E-state index < -0.39 is 11.6 Å². The molecule has 7 heteroatoms. The van der Waals surface area contributed by atoms with Crippen molar-refractivity contribution in [1.29, 1.82) is 0 Å². The van der Waals surface area contributed by atoms with Crippen LogP contribution in [0.5, 0.6) is 11.5 Å². The molecular formula is C15H11BrF2N2O2. The number of fused-ring (bicyclic) bond motifs is 1. The summed E-state index contributed by atoms with van der Waals surface area (Å²) in [5.74, 6) is -1.24. The van der Waals surface area contributed by atoms with Gasteiger partial charge in [-0.2, -0.15) is 0 Å². The molecule has 1 heterocycles. The monoisotopic (exact) mass is 368 g/mol. The minimum atomic E-state index is -0.797. The van der Waals surface area contributed by atoms with Gasteiger partial charge in [-0.1, -0.05) is 0 Å². The van der Waals surface area contributed by atoms with Crippen LogP contribution in [0.3, 0.4) is 0 Å². The minimum absolute atomic E-state index is 0.0950. The lowest BCUT2D eigenvalue weighted by Crippen LogP contribution is -2.19. The summed E-state index contributed by atoms with van der Waals surface area (Å²) in [6, 6.07) is 6.42. The molecule has 3 aromatic rings. The minimum Gasteiger partial charge on any atom is -0.453 e. The molecule has 2 aromatic carbocycles. The van der Waals surface area contributed by atoms with Gasteiger partial charge in [-0.25, -0.2) is 13.6 Å². The van der Waals surface area contributed by atoms with E-state index in [4.69, 9.17) is 4.74 Å². The second-order valence-electron chi connectivity index (χ2n) is 4.85. The Labute approximate surface area is 132 Å². The Kier molecular flexibility index (Phi) is 3.52. The zero-order valence-corrected chi connectivity index (χ0v) is 13.3. The molecule has 0 spiro atoms. The fourth-order valence-electron chi connectivity index (χ4n) is 2.26. The predicted octanol–water partition coefficient (Wildman–Crippen LogP) is 3.71. The number of nitrogens with zero attached hydrogens (tertiary/aromatic N) is 2. The molecule has 22 heavy (non-hydrogen) atoms. The number of imidazole rings is 1. The van der Waals surface area contributed by atoms with Crippen LogP contribution in [-0.2, 0) is 14.1 Å². The zero-order valence-electron chi connectivity index (χ0n) is 11.7. The summed E-state index contributed by atoms with van der Waals surface area (Å²) in [5.41, 5.74) is 1.19. The summed E-state index contributed by atoms with van der Waals surface area (Å²) >= 11 is 3.34. The van der Waals surface area contributed by atoms with Gasteiger partial charge in [0.05, 0.1) is 15.5 Å². The van der Waals surface area contributed by atoms with Crippen molar-refractivity contribution in [2.75, 3.05) is 0 Å². The molecule has 0 N–H and O–H groups in total. The van der Waals surface area contributed by atoms with E-state index in [0.717, 1.165) is 12.1 Å². The zero-order chi connectivity index (χ0) is 16.0. The lowest BCUT2D eigenvalue weighted by molar-refractivity contribution is 0.436. The van der Waals surface area contributed by atoms with Gasteiger partial charge in [-0.3, -0.25) is 9.13 Å². The van der Waals surface area contributed by atoms with Gasteiger partial charge in [0.1, 0.15) is 11.6 Å². The smallest absolute Gasteiger partial charge is 0.328 e. The van der Waals surface area contributed by atoms with Crippen molar-refractivity contribution in [2.45, 2.75) is 0 Å².